The second-order valence-corrected chi connectivity index (χ2v) is 4.30. The summed E-state index contributed by atoms with van der Waals surface area (Å²) >= 11 is 0. The van der Waals surface area contributed by atoms with Crippen molar-refractivity contribution in [3.63, 3.8) is 0 Å². The molecule has 104 valence electrons. The van der Waals surface area contributed by atoms with Crippen LogP contribution in [-0.4, -0.2) is 10.7 Å². The Morgan fingerprint density at radius 1 is 0.952 bits per heavy atom. The lowest BCUT2D eigenvalue weighted by Crippen LogP contribution is -1.92. The van der Waals surface area contributed by atoms with E-state index < -0.39 is 4.92 Å². The predicted octanol–water partition coefficient (Wildman–Crippen LogP) is 4.05. The van der Waals surface area contributed by atoms with Gasteiger partial charge in [-0.25, -0.2) is 0 Å². The molecule has 0 saturated carbocycles. The van der Waals surface area contributed by atoms with Crippen LogP contribution in [0.3, 0.4) is 0 Å². The standard InChI is InChI=1S/C17H13NO3/c19-17(15-7-2-1-3-8-15)9-5-4-6-14-10-12-16(13-11-14)18(20)21/h1-13H. The molecule has 2 aromatic carbocycles. The fourth-order valence-electron chi connectivity index (χ4n) is 1.72. The molecule has 21 heavy (non-hydrogen) atoms. The summed E-state index contributed by atoms with van der Waals surface area (Å²) in [7, 11) is 0. The number of hydrogen-bond donors (Lipinski definition) is 0. The molecule has 0 aliphatic carbocycles. The number of nitro benzene ring substituents is 1. The first-order chi connectivity index (χ1) is 10.2. The maximum atomic E-state index is 11.8. The molecule has 0 aromatic heterocycles. The summed E-state index contributed by atoms with van der Waals surface area (Å²) in [5.74, 6) is -0.0658. The molecule has 0 aliphatic heterocycles. The van der Waals surface area contributed by atoms with Crippen LogP contribution in [0.4, 0.5) is 5.69 Å². The van der Waals surface area contributed by atoms with Crippen molar-refractivity contribution in [2.45, 2.75) is 0 Å². The van der Waals surface area contributed by atoms with Crippen molar-refractivity contribution < 1.29 is 9.72 Å². The van der Waals surface area contributed by atoms with Gasteiger partial charge in [-0.05, 0) is 23.8 Å². The van der Waals surface area contributed by atoms with Gasteiger partial charge in [0, 0.05) is 17.7 Å². The third kappa shape index (κ3) is 4.24. The number of nitrogens with zero attached hydrogens (tertiary/aromatic N) is 1. The average Bonchev–Trinajstić information content (AvgIpc) is 2.52. The Morgan fingerprint density at radius 2 is 1.62 bits per heavy atom. The predicted molar refractivity (Wildman–Crippen MR) is 82.0 cm³/mol. The maximum Gasteiger partial charge on any atom is 0.269 e. The number of rotatable bonds is 5. The molecule has 0 spiro atoms. The van der Waals surface area contributed by atoms with Gasteiger partial charge in [0.15, 0.2) is 5.78 Å². The lowest BCUT2D eigenvalue weighted by Gasteiger charge is -1.93. The monoisotopic (exact) mass is 279 g/mol. The molecule has 0 amide bonds. The maximum absolute atomic E-state index is 11.8. The van der Waals surface area contributed by atoms with Crippen molar-refractivity contribution in [1.82, 2.24) is 0 Å². The minimum atomic E-state index is -0.439. The Labute approximate surface area is 122 Å². The lowest BCUT2D eigenvalue weighted by atomic mass is 10.1. The largest absolute Gasteiger partial charge is 0.289 e. The molecular formula is C17H13NO3. The highest BCUT2D eigenvalue weighted by Gasteiger charge is 2.02. The van der Waals surface area contributed by atoms with E-state index >= 15 is 0 Å². The minimum Gasteiger partial charge on any atom is -0.289 e. The SMILES string of the molecule is O=C(C=CC=Cc1ccc([N+](=O)[O-])cc1)c1ccccc1. The molecule has 0 N–H and O–H groups in total. The third-order valence-electron chi connectivity index (χ3n) is 2.81. The fraction of sp³-hybridized carbons (Fsp3) is 0. The van der Waals surface area contributed by atoms with Crippen LogP contribution in [0.25, 0.3) is 6.08 Å². The fourth-order valence-corrected chi connectivity index (χ4v) is 1.72. The summed E-state index contributed by atoms with van der Waals surface area (Å²) in [6.07, 6.45) is 6.63. The number of hydrogen-bond acceptors (Lipinski definition) is 3. The van der Waals surface area contributed by atoms with Gasteiger partial charge in [0.05, 0.1) is 4.92 Å². The first-order valence-electron chi connectivity index (χ1n) is 6.35. The molecular weight excluding hydrogens is 266 g/mol. The molecule has 2 rings (SSSR count). The second-order valence-electron chi connectivity index (χ2n) is 4.30. The molecule has 0 bridgehead atoms. The highest BCUT2D eigenvalue weighted by atomic mass is 16.6. The molecule has 0 radical (unpaired) electrons. The van der Waals surface area contributed by atoms with Gasteiger partial charge in [-0.3, -0.25) is 14.9 Å². The van der Waals surface area contributed by atoms with Crippen LogP contribution < -0.4 is 0 Å². The number of benzene rings is 2. The van der Waals surface area contributed by atoms with Crippen LogP contribution in [0.5, 0.6) is 0 Å². The molecule has 0 saturated heterocycles. The van der Waals surface area contributed by atoms with Crippen LogP contribution in [0.2, 0.25) is 0 Å². The number of nitro groups is 1. The highest BCUT2D eigenvalue weighted by molar-refractivity contribution is 6.04. The van der Waals surface area contributed by atoms with Crippen molar-refractivity contribution in [1.29, 1.82) is 0 Å². The summed E-state index contributed by atoms with van der Waals surface area (Å²) in [6, 6.07) is 15.2. The van der Waals surface area contributed by atoms with Gasteiger partial charge < -0.3 is 0 Å². The van der Waals surface area contributed by atoms with Gasteiger partial charge in [-0.2, -0.15) is 0 Å². The molecule has 0 atom stereocenters. The van der Waals surface area contributed by atoms with Crippen LogP contribution in [0.1, 0.15) is 15.9 Å². The smallest absolute Gasteiger partial charge is 0.269 e. The molecule has 4 heteroatoms. The minimum absolute atomic E-state index is 0.0574. The van der Waals surface area contributed by atoms with Crippen molar-refractivity contribution >= 4 is 17.5 Å². The topological polar surface area (TPSA) is 60.2 Å². The Bertz CT molecular complexity index is 686. The van der Waals surface area contributed by atoms with Crippen LogP contribution in [-0.2, 0) is 0 Å². The molecule has 0 aliphatic rings. The van der Waals surface area contributed by atoms with Crippen molar-refractivity contribution in [2.24, 2.45) is 0 Å². The van der Waals surface area contributed by atoms with E-state index in [4.69, 9.17) is 0 Å². The Balaban J connectivity index is 1.97. The van der Waals surface area contributed by atoms with E-state index in [2.05, 4.69) is 0 Å². The number of non-ortho nitro benzene ring substituents is 1. The van der Waals surface area contributed by atoms with Crippen LogP contribution in [0, 0.1) is 10.1 Å². The normalized spacial score (nSPS) is 11.0. The Morgan fingerprint density at radius 3 is 2.24 bits per heavy atom. The van der Waals surface area contributed by atoms with Crippen LogP contribution in [0.15, 0.2) is 72.8 Å². The highest BCUT2D eigenvalue weighted by Crippen LogP contribution is 2.12. The van der Waals surface area contributed by atoms with E-state index in [1.54, 1.807) is 42.5 Å². The first-order valence-corrected chi connectivity index (χ1v) is 6.35. The number of allylic oxidation sites excluding steroid dienone is 3. The van der Waals surface area contributed by atoms with E-state index in [9.17, 15) is 14.9 Å². The van der Waals surface area contributed by atoms with Gasteiger partial charge in [-0.1, -0.05) is 48.6 Å². The summed E-state index contributed by atoms with van der Waals surface area (Å²) in [5.41, 5.74) is 1.52. The van der Waals surface area contributed by atoms with E-state index in [0.29, 0.717) is 5.56 Å². The summed E-state index contributed by atoms with van der Waals surface area (Å²) in [5, 5.41) is 10.5. The van der Waals surface area contributed by atoms with Gasteiger partial charge in [0.1, 0.15) is 0 Å². The van der Waals surface area contributed by atoms with Gasteiger partial charge in [0.25, 0.3) is 5.69 Å². The molecule has 2 aromatic rings. The zero-order chi connectivity index (χ0) is 15.1. The van der Waals surface area contributed by atoms with E-state index in [1.165, 1.54) is 18.2 Å². The average molecular weight is 279 g/mol. The van der Waals surface area contributed by atoms with E-state index in [-0.39, 0.29) is 11.5 Å². The Kier molecular flexibility index (Phi) is 4.77. The Hall–Kier alpha value is -3.01. The zero-order valence-corrected chi connectivity index (χ0v) is 11.2. The zero-order valence-electron chi connectivity index (χ0n) is 11.2. The van der Waals surface area contributed by atoms with E-state index in [1.807, 2.05) is 18.2 Å². The number of carbonyl (C=O) groups excluding carboxylic acids is 1. The van der Waals surface area contributed by atoms with Crippen molar-refractivity contribution in [3.8, 4) is 0 Å². The first kappa shape index (κ1) is 14.4. The van der Waals surface area contributed by atoms with Gasteiger partial charge in [0.2, 0.25) is 0 Å². The molecule has 0 unspecified atom stereocenters. The molecule has 0 fully saturated rings. The lowest BCUT2D eigenvalue weighted by molar-refractivity contribution is -0.384. The number of carbonyl (C=O) groups is 1. The quantitative estimate of drug-likeness (QED) is 0.273. The van der Waals surface area contributed by atoms with E-state index in [0.717, 1.165) is 5.56 Å². The van der Waals surface area contributed by atoms with Crippen molar-refractivity contribution in [3.05, 3.63) is 94.1 Å². The van der Waals surface area contributed by atoms with Gasteiger partial charge >= 0.3 is 0 Å². The molecule has 0 heterocycles. The summed E-state index contributed by atoms with van der Waals surface area (Å²) in [4.78, 5) is 21.9. The van der Waals surface area contributed by atoms with Crippen molar-refractivity contribution in [2.75, 3.05) is 0 Å². The summed E-state index contributed by atoms with van der Waals surface area (Å²) < 4.78 is 0. The van der Waals surface area contributed by atoms with Gasteiger partial charge in [-0.15, -0.1) is 0 Å². The third-order valence-corrected chi connectivity index (χ3v) is 2.81. The second kappa shape index (κ2) is 6.96. The molecule has 4 nitrogen and oxygen atoms in total. The summed E-state index contributed by atoms with van der Waals surface area (Å²) in [6.45, 7) is 0. The number of ketones is 1. The van der Waals surface area contributed by atoms with Crippen LogP contribution >= 0.6 is 0 Å².